The molecule has 0 unspecified atom stereocenters. The highest BCUT2D eigenvalue weighted by Crippen LogP contribution is 2.13. The lowest BCUT2D eigenvalue weighted by atomic mass is 10.3. The Morgan fingerprint density at radius 1 is 1.50 bits per heavy atom. The normalized spacial score (nSPS) is 10.5. The summed E-state index contributed by atoms with van der Waals surface area (Å²) in [5, 5.41) is 0. The molecule has 2 heterocycles. The van der Waals surface area contributed by atoms with Crippen molar-refractivity contribution in [1.82, 2.24) is 14.5 Å². The fourth-order valence-electron chi connectivity index (χ4n) is 0.939. The monoisotopic (exact) mass is 132 g/mol. The summed E-state index contributed by atoms with van der Waals surface area (Å²) < 4.78 is 1.92. The van der Waals surface area contributed by atoms with Gasteiger partial charge in [-0.3, -0.25) is 0 Å². The molecule has 2 rings (SSSR count). The summed E-state index contributed by atoms with van der Waals surface area (Å²) in [4.78, 5) is 7.87. The first-order chi connectivity index (χ1) is 4.88. The van der Waals surface area contributed by atoms with Crippen LogP contribution in [0.15, 0.2) is 18.3 Å². The van der Waals surface area contributed by atoms with Gasteiger partial charge < -0.3 is 4.57 Å². The number of pyridine rings is 1. The second-order valence-corrected chi connectivity index (χ2v) is 2.15. The molecule has 49 valence electrons. The van der Waals surface area contributed by atoms with Crippen molar-refractivity contribution >= 4 is 0 Å². The summed E-state index contributed by atoms with van der Waals surface area (Å²) in [5.74, 6) is 0.877. The molecule has 0 N–H and O–H groups in total. The third-order valence-electron chi connectivity index (χ3n) is 1.45. The maximum atomic E-state index is 3.95. The molecule has 0 aliphatic carbocycles. The maximum Gasteiger partial charge on any atom is 0.200 e. The van der Waals surface area contributed by atoms with Crippen LogP contribution in [0.2, 0.25) is 0 Å². The van der Waals surface area contributed by atoms with Gasteiger partial charge in [0.05, 0.1) is 0 Å². The molecule has 1 radical (unpaired) electrons. The molecule has 0 atom stereocenters. The van der Waals surface area contributed by atoms with E-state index in [-0.39, 0.29) is 0 Å². The van der Waals surface area contributed by atoms with Gasteiger partial charge in [0.15, 0.2) is 5.82 Å². The van der Waals surface area contributed by atoms with Gasteiger partial charge in [0.1, 0.15) is 5.69 Å². The van der Waals surface area contributed by atoms with E-state index in [0.29, 0.717) is 0 Å². The van der Waals surface area contributed by atoms with Crippen molar-refractivity contribution < 1.29 is 0 Å². The molecular weight excluding hydrogens is 126 g/mol. The van der Waals surface area contributed by atoms with Gasteiger partial charge in [-0.05, 0) is 12.1 Å². The highest BCUT2D eigenvalue weighted by atomic mass is 15.1. The Bertz CT molecular complexity index is 313. The number of nitrogens with zero attached hydrogens (tertiary/aromatic N) is 3. The quantitative estimate of drug-likeness (QED) is 0.528. The molecule has 0 amide bonds. The highest BCUT2D eigenvalue weighted by molar-refractivity contribution is 5.49. The topological polar surface area (TPSA) is 30.7 Å². The molecule has 0 saturated carbocycles. The van der Waals surface area contributed by atoms with E-state index in [1.807, 2.05) is 29.9 Å². The predicted molar refractivity (Wildman–Crippen MR) is 36.5 cm³/mol. The first kappa shape index (κ1) is 5.41. The van der Waals surface area contributed by atoms with Gasteiger partial charge in [-0.15, -0.1) is 0 Å². The van der Waals surface area contributed by atoms with E-state index in [1.165, 1.54) is 0 Å². The summed E-state index contributed by atoms with van der Waals surface area (Å²) in [5.41, 5.74) is 0.894. The first-order valence-corrected chi connectivity index (χ1v) is 3.03. The zero-order valence-electron chi connectivity index (χ0n) is 5.57. The molecule has 0 bridgehead atoms. The molecule has 10 heavy (non-hydrogen) atoms. The summed E-state index contributed by atoms with van der Waals surface area (Å²) in [6.45, 7) is 0. The van der Waals surface area contributed by atoms with Crippen LogP contribution in [0, 0.1) is 6.33 Å². The number of rotatable bonds is 0. The lowest BCUT2D eigenvalue weighted by Crippen LogP contribution is -1.95. The fourth-order valence-corrected chi connectivity index (χ4v) is 0.939. The van der Waals surface area contributed by atoms with E-state index in [2.05, 4.69) is 16.3 Å². The van der Waals surface area contributed by atoms with Crippen molar-refractivity contribution in [3.05, 3.63) is 24.7 Å². The predicted octanol–water partition coefficient (Wildman–Crippen LogP) is 0.720. The lowest BCUT2D eigenvalue weighted by Gasteiger charge is -2.00. The van der Waals surface area contributed by atoms with Crippen molar-refractivity contribution in [3.63, 3.8) is 0 Å². The number of hydrogen-bond donors (Lipinski definition) is 0. The fraction of sp³-hybridized carbons (Fsp3) is 0.143. The van der Waals surface area contributed by atoms with Gasteiger partial charge in [-0.1, -0.05) is 0 Å². The van der Waals surface area contributed by atoms with Crippen LogP contribution in [0.3, 0.4) is 0 Å². The van der Waals surface area contributed by atoms with Crippen molar-refractivity contribution in [2.24, 2.45) is 7.05 Å². The van der Waals surface area contributed by atoms with E-state index in [0.717, 1.165) is 11.5 Å². The third-order valence-corrected chi connectivity index (χ3v) is 1.45. The standard InChI is InChI=1S/C7H6N3/c1-10-4-2-3-6-7(10)9-5-8-6/h2-4H,1H3. The molecule has 0 aromatic rings. The molecule has 0 aromatic heterocycles. The van der Waals surface area contributed by atoms with Crippen LogP contribution in [0.4, 0.5) is 0 Å². The molecule has 0 fully saturated rings. The summed E-state index contributed by atoms with van der Waals surface area (Å²) >= 11 is 0. The zero-order chi connectivity index (χ0) is 6.97. The Labute approximate surface area is 58.7 Å². The molecule has 3 nitrogen and oxygen atoms in total. The number of hydrogen-bond acceptors (Lipinski definition) is 2. The minimum absolute atomic E-state index is 0.877. The average molecular weight is 132 g/mol. The van der Waals surface area contributed by atoms with Crippen molar-refractivity contribution in [1.29, 1.82) is 0 Å². The van der Waals surface area contributed by atoms with E-state index >= 15 is 0 Å². The van der Waals surface area contributed by atoms with Crippen molar-refractivity contribution in [3.8, 4) is 11.5 Å². The largest absolute Gasteiger partial charge is 0.334 e. The van der Waals surface area contributed by atoms with Crippen LogP contribution >= 0.6 is 0 Å². The number of imidazole rings is 1. The van der Waals surface area contributed by atoms with Gasteiger partial charge in [0.25, 0.3) is 0 Å². The molecular formula is C7H6N3. The van der Waals surface area contributed by atoms with Crippen LogP contribution in [-0.2, 0) is 7.05 Å². The highest BCUT2D eigenvalue weighted by Gasteiger charge is 2.04. The van der Waals surface area contributed by atoms with Crippen LogP contribution < -0.4 is 0 Å². The van der Waals surface area contributed by atoms with Crippen LogP contribution in [0.25, 0.3) is 11.5 Å². The maximum absolute atomic E-state index is 3.95. The Balaban J connectivity index is 2.80. The van der Waals surface area contributed by atoms with Crippen LogP contribution in [-0.4, -0.2) is 14.5 Å². The Morgan fingerprint density at radius 2 is 2.40 bits per heavy atom. The van der Waals surface area contributed by atoms with E-state index in [1.54, 1.807) is 0 Å². The molecule has 3 heteroatoms. The molecule has 2 aliphatic heterocycles. The summed E-state index contributed by atoms with van der Waals surface area (Å²) in [6, 6.07) is 3.85. The summed E-state index contributed by atoms with van der Waals surface area (Å²) in [7, 11) is 1.94. The smallest absolute Gasteiger partial charge is 0.200 e. The average Bonchev–Trinajstić information content (AvgIpc) is 2.36. The Kier molecular flexibility index (Phi) is 0.974. The SMILES string of the molecule is Cn1cccc2n[c]nc1-2. The second kappa shape index (κ2) is 1.80. The van der Waals surface area contributed by atoms with Crippen molar-refractivity contribution in [2.75, 3.05) is 0 Å². The summed E-state index contributed by atoms with van der Waals surface area (Å²) in [6.07, 6.45) is 4.49. The number of fused-ring (bicyclic) bond motifs is 1. The van der Waals surface area contributed by atoms with Gasteiger partial charge in [-0.25, -0.2) is 9.97 Å². The van der Waals surface area contributed by atoms with Crippen LogP contribution in [0.1, 0.15) is 0 Å². The zero-order valence-corrected chi connectivity index (χ0v) is 5.57. The molecule has 0 spiro atoms. The van der Waals surface area contributed by atoms with Crippen molar-refractivity contribution in [2.45, 2.75) is 0 Å². The number of aromatic nitrogens is 3. The first-order valence-electron chi connectivity index (χ1n) is 3.03. The molecule has 0 saturated heterocycles. The molecule has 0 aromatic carbocycles. The van der Waals surface area contributed by atoms with Gasteiger partial charge in [0.2, 0.25) is 6.33 Å². The lowest BCUT2D eigenvalue weighted by molar-refractivity contribution is 0.889. The number of aryl methyl sites for hydroxylation is 1. The van der Waals surface area contributed by atoms with E-state index in [9.17, 15) is 0 Å². The van der Waals surface area contributed by atoms with E-state index < -0.39 is 0 Å². The second-order valence-electron chi connectivity index (χ2n) is 2.15. The van der Waals surface area contributed by atoms with E-state index in [4.69, 9.17) is 0 Å². The minimum Gasteiger partial charge on any atom is -0.334 e. The Morgan fingerprint density at radius 3 is 3.20 bits per heavy atom. The Hall–Kier alpha value is -1.38. The van der Waals surface area contributed by atoms with Gasteiger partial charge >= 0.3 is 0 Å². The van der Waals surface area contributed by atoms with Gasteiger partial charge in [0, 0.05) is 13.2 Å². The van der Waals surface area contributed by atoms with Crippen LogP contribution in [0.5, 0.6) is 0 Å². The van der Waals surface area contributed by atoms with Gasteiger partial charge in [-0.2, -0.15) is 0 Å². The molecule has 2 aliphatic rings. The third kappa shape index (κ3) is 0.603. The minimum atomic E-state index is 0.877.